The second-order valence-electron chi connectivity index (χ2n) is 9.22. The van der Waals surface area contributed by atoms with E-state index in [1.165, 1.54) is 5.57 Å². The van der Waals surface area contributed by atoms with Crippen LogP contribution in [0.1, 0.15) is 71.1 Å². The highest BCUT2D eigenvalue weighted by atomic mass is 16.4. The summed E-state index contributed by atoms with van der Waals surface area (Å²) in [5.41, 5.74) is 0.426. The van der Waals surface area contributed by atoms with Gasteiger partial charge in [0.15, 0.2) is 5.78 Å². The van der Waals surface area contributed by atoms with Crippen molar-refractivity contribution in [3.8, 4) is 0 Å². The number of rotatable bonds is 3. The Labute approximate surface area is 149 Å². The molecule has 0 radical (unpaired) electrons. The Morgan fingerprint density at radius 1 is 1.16 bits per heavy atom. The van der Waals surface area contributed by atoms with E-state index in [0.29, 0.717) is 42.3 Å². The molecule has 2 N–H and O–H groups in total. The van der Waals surface area contributed by atoms with Gasteiger partial charge in [-0.05, 0) is 86.5 Å². The molecule has 25 heavy (non-hydrogen) atoms. The minimum Gasteiger partial charge on any atom is -0.481 e. The molecule has 3 saturated carbocycles. The Morgan fingerprint density at radius 3 is 2.72 bits per heavy atom. The fourth-order valence-corrected chi connectivity index (χ4v) is 7.02. The SMILES string of the molecule is C[C@]12CC[C@H]3[C@H](CCC4=CC(=O)CC[C@H]43)[C@H]1CC[C@@]2(O)CCC(=O)O. The number of fused-ring (bicyclic) bond motifs is 5. The lowest BCUT2D eigenvalue weighted by Crippen LogP contribution is -2.52. The third-order valence-electron chi connectivity index (χ3n) is 8.37. The lowest BCUT2D eigenvalue weighted by molar-refractivity contribution is -0.145. The Balaban J connectivity index is 1.57. The van der Waals surface area contributed by atoms with Gasteiger partial charge in [-0.2, -0.15) is 0 Å². The van der Waals surface area contributed by atoms with Gasteiger partial charge in [-0.3, -0.25) is 9.59 Å². The zero-order valence-electron chi connectivity index (χ0n) is 15.2. The molecular formula is C21H30O4. The Hall–Kier alpha value is -1.16. The number of ketones is 1. The molecule has 4 aliphatic carbocycles. The zero-order chi connectivity index (χ0) is 17.8. The number of carbonyl (C=O) groups is 2. The highest BCUT2D eigenvalue weighted by Crippen LogP contribution is 2.65. The molecular weight excluding hydrogens is 316 g/mol. The maximum Gasteiger partial charge on any atom is 0.303 e. The molecule has 0 aromatic carbocycles. The third kappa shape index (κ3) is 2.59. The lowest BCUT2D eigenvalue weighted by Gasteiger charge is -2.55. The van der Waals surface area contributed by atoms with Crippen molar-refractivity contribution in [3.05, 3.63) is 11.6 Å². The van der Waals surface area contributed by atoms with E-state index in [0.717, 1.165) is 44.9 Å². The van der Waals surface area contributed by atoms with Gasteiger partial charge in [-0.15, -0.1) is 0 Å². The van der Waals surface area contributed by atoms with Crippen LogP contribution in [0.25, 0.3) is 0 Å². The lowest BCUT2D eigenvalue weighted by atomic mass is 9.50. The van der Waals surface area contributed by atoms with E-state index >= 15 is 0 Å². The average molecular weight is 346 g/mol. The molecule has 4 heteroatoms. The van der Waals surface area contributed by atoms with Gasteiger partial charge >= 0.3 is 5.97 Å². The number of carbonyl (C=O) groups excluding carboxylic acids is 1. The molecule has 3 fully saturated rings. The van der Waals surface area contributed by atoms with E-state index in [1.807, 2.05) is 6.08 Å². The first-order valence-electron chi connectivity index (χ1n) is 10.0. The van der Waals surface area contributed by atoms with Gasteiger partial charge < -0.3 is 10.2 Å². The second-order valence-corrected chi connectivity index (χ2v) is 9.22. The maximum absolute atomic E-state index is 11.8. The first kappa shape index (κ1) is 17.3. The number of hydrogen-bond acceptors (Lipinski definition) is 3. The summed E-state index contributed by atoms with van der Waals surface area (Å²) in [6, 6.07) is 0. The van der Waals surface area contributed by atoms with Gasteiger partial charge in [-0.25, -0.2) is 0 Å². The van der Waals surface area contributed by atoms with Crippen LogP contribution in [-0.2, 0) is 9.59 Å². The van der Waals surface area contributed by atoms with Crippen LogP contribution in [0, 0.1) is 29.1 Å². The van der Waals surface area contributed by atoms with Crippen molar-refractivity contribution >= 4 is 11.8 Å². The van der Waals surface area contributed by atoms with E-state index in [2.05, 4.69) is 6.92 Å². The fourth-order valence-electron chi connectivity index (χ4n) is 7.02. The third-order valence-corrected chi connectivity index (χ3v) is 8.37. The number of hydrogen-bond donors (Lipinski definition) is 2. The quantitative estimate of drug-likeness (QED) is 0.816. The van der Waals surface area contributed by atoms with Gasteiger partial charge in [0.05, 0.1) is 5.60 Å². The number of aliphatic hydroxyl groups is 1. The van der Waals surface area contributed by atoms with Crippen molar-refractivity contribution in [2.24, 2.45) is 29.1 Å². The first-order chi connectivity index (χ1) is 11.8. The number of aliphatic carboxylic acids is 1. The van der Waals surface area contributed by atoms with E-state index in [1.54, 1.807) is 0 Å². The van der Waals surface area contributed by atoms with Crippen molar-refractivity contribution in [2.45, 2.75) is 76.7 Å². The minimum atomic E-state index is -0.820. The van der Waals surface area contributed by atoms with Crippen LogP contribution in [0.15, 0.2) is 11.6 Å². The topological polar surface area (TPSA) is 74.6 Å². The molecule has 4 nitrogen and oxygen atoms in total. The molecule has 0 aromatic rings. The molecule has 138 valence electrons. The van der Waals surface area contributed by atoms with Crippen LogP contribution in [-0.4, -0.2) is 27.6 Å². The van der Waals surface area contributed by atoms with E-state index in [-0.39, 0.29) is 11.8 Å². The van der Waals surface area contributed by atoms with Crippen molar-refractivity contribution in [3.63, 3.8) is 0 Å². The molecule has 0 spiro atoms. The second kappa shape index (κ2) is 5.94. The van der Waals surface area contributed by atoms with E-state index in [9.17, 15) is 14.7 Å². The van der Waals surface area contributed by atoms with Crippen LogP contribution in [0.4, 0.5) is 0 Å². The van der Waals surface area contributed by atoms with Crippen molar-refractivity contribution in [1.82, 2.24) is 0 Å². The highest BCUT2D eigenvalue weighted by Gasteiger charge is 2.61. The van der Waals surface area contributed by atoms with Crippen molar-refractivity contribution < 1.29 is 19.8 Å². The standard InChI is InChI=1S/C21H30O4/c1-20-9-6-16-15-5-3-14(22)12-13(15)2-4-17(16)18(20)7-10-21(20,25)11-8-19(23)24/h12,15-18,25H,2-11H2,1H3,(H,23,24)/t15-,16-,17+,18-,20+,21-/m1/s1. The monoisotopic (exact) mass is 346 g/mol. The van der Waals surface area contributed by atoms with Crippen LogP contribution >= 0.6 is 0 Å². The van der Waals surface area contributed by atoms with Crippen molar-refractivity contribution in [1.29, 1.82) is 0 Å². The van der Waals surface area contributed by atoms with Crippen LogP contribution in [0.5, 0.6) is 0 Å². The zero-order valence-corrected chi connectivity index (χ0v) is 15.2. The summed E-state index contributed by atoms with van der Waals surface area (Å²) in [5, 5.41) is 20.4. The Bertz CT molecular complexity index is 623. The highest BCUT2D eigenvalue weighted by molar-refractivity contribution is 5.91. The molecule has 0 aliphatic heterocycles. The van der Waals surface area contributed by atoms with Gasteiger partial charge in [-0.1, -0.05) is 12.5 Å². The normalized spacial score (nSPS) is 46.0. The van der Waals surface area contributed by atoms with Crippen LogP contribution in [0.3, 0.4) is 0 Å². The summed E-state index contributed by atoms with van der Waals surface area (Å²) in [5.74, 6) is 1.86. The predicted molar refractivity (Wildman–Crippen MR) is 93.9 cm³/mol. The number of carboxylic acids is 1. The van der Waals surface area contributed by atoms with E-state index in [4.69, 9.17) is 5.11 Å². The fraction of sp³-hybridized carbons (Fsp3) is 0.810. The molecule has 4 aliphatic rings. The van der Waals surface area contributed by atoms with Crippen molar-refractivity contribution in [2.75, 3.05) is 0 Å². The van der Waals surface area contributed by atoms with E-state index < -0.39 is 11.6 Å². The number of allylic oxidation sites excluding steroid dienone is 1. The number of carboxylic acid groups (broad SMARTS) is 1. The Morgan fingerprint density at radius 2 is 1.96 bits per heavy atom. The summed E-state index contributed by atoms with van der Waals surface area (Å²) >= 11 is 0. The summed E-state index contributed by atoms with van der Waals surface area (Å²) < 4.78 is 0. The largest absolute Gasteiger partial charge is 0.481 e. The van der Waals surface area contributed by atoms with Gasteiger partial charge in [0.25, 0.3) is 0 Å². The van der Waals surface area contributed by atoms with Crippen LogP contribution < -0.4 is 0 Å². The van der Waals surface area contributed by atoms with Crippen LogP contribution in [0.2, 0.25) is 0 Å². The summed E-state index contributed by atoms with van der Waals surface area (Å²) in [6.45, 7) is 2.22. The molecule has 0 saturated heterocycles. The summed E-state index contributed by atoms with van der Waals surface area (Å²) in [4.78, 5) is 22.8. The Kier molecular flexibility index (Phi) is 4.10. The molecule has 6 atom stereocenters. The first-order valence-corrected chi connectivity index (χ1v) is 10.0. The van der Waals surface area contributed by atoms with Gasteiger partial charge in [0.1, 0.15) is 0 Å². The molecule has 0 unspecified atom stereocenters. The summed E-state index contributed by atoms with van der Waals surface area (Å²) in [6.07, 6.45) is 10.1. The maximum atomic E-state index is 11.8. The molecule has 0 bridgehead atoms. The van der Waals surface area contributed by atoms with Gasteiger partial charge in [0.2, 0.25) is 0 Å². The molecule has 0 aromatic heterocycles. The smallest absolute Gasteiger partial charge is 0.303 e. The minimum absolute atomic E-state index is 0.0600. The molecule has 0 amide bonds. The summed E-state index contributed by atoms with van der Waals surface area (Å²) in [7, 11) is 0. The van der Waals surface area contributed by atoms with Gasteiger partial charge in [0, 0.05) is 12.8 Å². The predicted octanol–water partition coefficient (Wildman–Crippen LogP) is 3.72. The average Bonchev–Trinajstić information content (AvgIpc) is 2.84. The molecule has 4 rings (SSSR count). The molecule has 0 heterocycles.